The van der Waals surface area contributed by atoms with E-state index in [9.17, 15) is 8.78 Å². The second-order valence-electron chi connectivity index (χ2n) is 5.10. The lowest BCUT2D eigenvalue weighted by Gasteiger charge is -2.21. The lowest BCUT2D eigenvalue weighted by Crippen LogP contribution is -2.24. The number of hydrogen-bond acceptors (Lipinski definition) is 1. The highest BCUT2D eigenvalue weighted by molar-refractivity contribution is 5.32. The smallest absolute Gasteiger partial charge is 0.129 e. The largest absolute Gasteiger partial charge is 0.310 e. The van der Waals surface area contributed by atoms with Gasteiger partial charge in [0.15, 0.2) is 0 Å². The van der Waals surface area contributed by atoms with Gasteiger partial charge in [-0.25, -0.2) is 8.78 Å². The number of rotatable bonds is 6. The molecule has 0 saturated carbocycles. The molecule has 1 atom stereocenters. The fraction of sp³-hybridized carbons (Fsp3) is 0.333. The van der Waals surface area contributed by atoms with Crippen molar-refractivity contribution in [1.29, 1.82) is 0 Å². The van der Waals surface area contributed by atoms with E-state index in [-0.39, 0.29) is 6.04 Å². The third kappa shape index (κ3) is 3.88. The molecule has 2 rings (SSSR count). The molecule has 2 aromatic rings. The first-order chi connectivity index (χ1) is 10.2. The van der Waals surface area contributed by atoms with E-state index in [2.05, 4.69) is 24.4 Å². The molecule has 1 nitrogen and oxygen atoms in total. The summed E-state index contributed by atoms with van der Waals surface area (Å²) < 4.78 is 26.9. The Labute approximate surface area is 125 Å². The van der Waals surface area contributed by atoms with Crippen LogP contribution in [-0.2, 0) is 12.8 Å². The highest BCUT2D eigenvalue weighted by Gasteiger charge is 2.16. The van der Waals surface area contributed by atoms with E-state index in [0.717, 1.165) is 19.0 Å². The third-order valence-electron chi connectivity index (χ3n) is 3.70. The van der Waals surface area contributed by atoms with Gasteiger partial charge >= 0.3 is 0 Å². The highest BCUT2D eigenvalue weighted by atomic mass is 19.1. The van der Waals surface area contributed by atoms with Gasteiger partial charge in [-0.15, -0.1) is 0 Å². The Balaban J connectivity index is 2.30. The summed E-state index contributed by atoms with van der Waals surface area (Å²) in [4.78, 5) is 0. The topological polar surface area (TPSA) is 12.0 Å². The quantitative estimate of drug-likeness (QED) is 0.830. The lowest BCUT2D eigenvalue weighted by atomic mass is 9.93. The zero-order valence-corrected chi connectivity index (χ0v) is 12.5. The highest BCUT2D eigenvalue weighted by Crippen LogP contribution is 2.24. The maximum absolute atomic E-state index is 13.9. The van der Waals surface area contributed by atoms with E-state index in [0.29, 0.717) is 12.0 Å². The van der Waals surface area contributed by atoms with Crippen LogP contribution >= 0.6 is 0 Å². The molecule has 0 radical (unpaired) electrons. The molecule has 1 N–H and O–H groups in total. The third-order valence-corrected chi connectivity index (χ3v) is 3.70. The van der Waals surface area contributed by atoms with Gasteiger partial charge in [0.1, 0.15) is 11.6 Å². The van der Waals surface area contributed by atoms with Gasteiger partial charge in [0.25, 0.3) is 0 Å². The van der Waals surface area contributed by atoms with Crippen LogP contribution in [0.5, 0.6) is 0 Å². The Hall–Kier alpha value is -1.74. The van der Waals surface area contributed by atoms with Crippen molar-refractivity contribution in [2.75, 3.05) is 6.54 Å². The molecule has 0 aliphatic heterocycles. The molecule has 0 spiro atoms. The van der Waals surface area contributed by atoms with Crippen molar-refractivity contribution in [3.8, 4) is 0 Å². The Kier molecular flexibility index (Phi) is 5.45. The van der Waals surface area contributed by atoms with Gasteiger partial charge in [-0.05, 0) is 42.1 Å². The van der Waals surface area contributed by atoms with Crippen LogP contribution in [0, 0.1) is 11.6 Å². The number of nitrogens with one attached hydrogen (secondary N) is 1. The molecule has 3 heteroatoms. The SMILES string of the molecule is CCNC(Cc1ccc(F)cc1F)c1ccccc1CC. The Morgan fingerprint density at radius 3 is 2.43 bits per heavy atom. The predicted octanol–water partition coefficient (Wildman–Crippen LogP) is 4.42. The molecule has 0 bridgehead atoms. The summed E-state index contributed by atoms with van der Waals surface area (Å²) in [6, 6.07) is 12.0. The monoisotopic (exact) mass is 289 g/mol. The van der Waals surface area contributed by atoms with Crippen molar-refractivity contribution < 1.29 is 8.78 Å². The van der Waals surface area contributed by atoms with Gasteiger partial charge in [-0.1, -0.05) is 44.2 Å². The summed E-state index contributed by atoms with van der Waals surface area (Å²) in [5, 5.41) is 3.40. The first-order valence-corrected chi connectivity index (χ1v) is 7.40. The van der Waals surface area contributed by atoms with Gasteiger partial charge in [-0.2, -0.15) is 0 Å². The van der Waals surface area contributed by atoms with Gasteiger partial charge in [0.2, 0.25) is 0 Å². The summed E-state index contributed by atoms with van der Waals surface area (Å²) in [6.45, 7) is 4.94. The summed E-state index contributed by atoms with van der Waals surface area (Å²) in [7, 11) is 0. The van der Waals surface area contributed by atoms with Crippen molar-refractivity contribution in [2.24, 2.45) is 0 Å². The van der Waals surface area contributed by atoms with Crippen molar-refractivity contribution in [2.45, 2.75) is 32.7 Å². The normalized spacial score (nSPS) is 12.4. The first-order valence-electron chi connectivity index (χ1n) is 7.40. The molecule has 0 amide bonds. The minimum atomic E-state index is -0.537. The fourth-order valence-corrected chi connectivity index (χ4v) is 2.64. The lowest BCUT2D eigenvalue weighted by molar-refractivity contribution is 0.518. The Morgan fingerprint density at radius 1 is 1.00 bits per heavy atom. The molecule has 2 aromatic carbocycles. The molecule has 21 heavy (non-hydrogen) atoms. The molecule has 0 fully saturated rings. The van der Waals surface area contributed by atoms with Crippen LogP contribution in [0.1, 0.15) is 36.6 Å². The van der Waals surface area contributed by atoms with Crippen LogP contribution in [0.2, 0.25) is 0 Å². The summed E-state index contributed by atoms with van der Waals surface area (Å²) in [5.74, 6) is -1.02. The fourth-order valence-electron chi connectivity index (χ4n) is 2.64. The molecule has 0 saturated heterocycles. The zero-order valence-electron chi connectivity index (χ0n) is 12.5. The average molecular weight is 289 g/mol. The zero-order chi connectivity index (χ0) is 15.2. The number of halogens is 2. The number of hydrogen-bond donors (Lipinski definition) is 1. The minimum absolute atomic E-state index is 0.0334. The van der Waals surface area contributed by atoms with E-state index in [4.69, 9.17) is 0 Å². The second-order valence-corrected chi connectivity index (χ2v) is 5.10. The number of aryl methyl sites for hydroxylation is 1. The molecular weight excluding hydrogens is 268 g/mol. The molecule has 0 aliphatic carbocycles. The van der Waals surface area contributed by atoms with Gasteiger partial charge in [0, 0.05) is 12.1 Å². The van der Waals surface area contributed by atoms with E-state index in [1.165, 1.54) is 23.3 Å². The van der Waals surface area contributed by atoms with E-state index < -0.39 is 11.6 Å². The molecule has 0 aliphatic rings. The van der Waals surface area contributed by atoms with Crippen molar-refractivity contribution in [1.82, 2.24) is 5.32 Å². The molecule has 0 heterocycles. The Morgan fingerprint density at radius 2 is 1.76 bits per heavy atom. The molecule has 112 valence electrons. The van der Waals surface area contributed by atoms with E-state index in [1.54, 1.807) is 0 Å². The summed E-state index contributed by atoms with van der Waals surface area (Å²) >= 11 is 0. The van der Waals surface area contributed by atoms with Gasteiger partial charge in [-0.3, -0.25) is 0 Å². The summed E-state index contributed by atoms with van der Waals surface area (Å²) in [5.41, 5.74) is 2.98. The van der Waals surface area contributed by atoms with Crippen molar-refractivity contribution in [3.05, 3.63) is 70.8 Å². The van der Waals surface area contributed by atoms with Crippen LogP contribution in [0.3, 0.4) is 0 Å². The number of benzene rings is 2. The van der Waals surface area contributed by atoms with Crippen LogP contribution in [0.4, 0.5) is 8.78 Å². The van der Waals surface area contributed by atoms with Crippen LogP contribution in [0.25, 0.3) is 0 Å². The Bertz CT molecular complexity index is 596. The average Bonchev–Trinajstić information content (AvgIpc) is 2.49. The van der Waals surface area contributed by atoms with Gasteiger partial charge in [0.05, 0.1) is 0 Å². The van der Waals surface area contributed by atoms with Crippen molar-refractivity contribution in [3.63, 3.8) is 0 Å². The minimum Gasteiger partial charge on any atom is -0.310 e. The maximum Gasteiger partial charge on any atom is 0.129 e. The van der Waals surface area contributed by atoms with Crippen LogP contribution in [0.15, 0.2) is 42.5 Å². The number of likely N-dealkylation sites (N-methyl/N-ethyl adjacent to an activating group) is 1. The van der Waals surface area contributed by atoms with E-state index >= 15 is 0 Å². The van der Waals surface area contributed by atoms with Crippen LogP contribution in [-0.4, -0.2) is 6.54 Å². The van der Waals surface area contributed by atoms with Crippen molar-refractivity contribution >= 4 is 0 Å². The van der Waals surface area contributed by atoms with Gasteiger partial charge < -0.3 is 5.32 Å². The predicted molar refractivity (Wildman–Crippen MR) is 82.3 cm³/mol. The standard InChI is InChI=1S/C18H21F2N/c1-3-13-7-5-6-8-16(13)18(21-4-2)11-14-9-10-15(19)12-17(14)20/h5-10,12,18,21H,3-4,11H2,1-2H3. The molecule has 0 aromatic heterocycles. The maximum atomic E-state index is 13.9. The second kappa shape index (κ2) is 7.32. The molecular formula is C18H21F2N. The summed E-state index contributed by atoms with van der Waals surface area (Å²) in [6.07, 6.45) is 1.45. The van der Waals surface area contributed by atoms with Crippen LogP contribution < -0.4 is 5.32 Å². The van der Waals surface area contributed by atoms with E-state index in [1.807, 2.05) is 19.1 Å². The molecule has 1 unspecified atom stereocenters. The first kappa shape index (κ1) is 15.6.